The number of nitrogens with one attached hydrogen (secondary N) is 1. The van der Waals surface area contributed by atoms with Gasteiger partial charge in [-0.1, -0.05) is 25.0 Å². The third-order valence-corrected chi connectivity index (χ3v) is 5.17. The predicted octanol–water partition coefficient (Wildman–Crippen LogP) is 3.12. The molecule has 178 valence electrons. The smallest absolute Gasteiger partial charge is 0.338 e. The number of rotatable bonds is 10. The molecule has 1 aliphatic rings. The zero-order valence-electron chi connectivity index (χ0n) is 19.1. The number of anilines is 1. The Balaban J connectivity index is 1.41. The summed E-state index contributed by atoms with van der Waals surface area (Å²) in [7, 11) is 0. The van der Waals surface area contributed by atoms with E-state index >= 15 is 0 Å². The highest BCUT2D eigenvalue weighted by Gasteiger charge is 2.35. The predicted molar refractivity (Wildman–Crippen MR) is 122 cm³/mol. The number of imide groups is 1. The number of nitrogens with zero attached hydrogens (tertiary/aromatic N) is 1. The van der Waals surface area contributed by atoms with Crippen molar-refractivity contribution in [2.24, 2.45) is 0 Å². The molecule has 0 radical (unpaired) electrons. The van der Waals surface area contributed by atoms with E-state index in [0.717, 1.165) is 23.3 Å². The summed E-state index contributed by atoms with van der Waals surface area (Å²) >= 11 is 0. The van der Waals surface area contributed by atoms with Gasteiger partial charge in [-0.3, -0.25) is 24.1 Å². The number of ether oxygens (including phenoxy) is 2. The molecule has 1 N–H and O–H groups in total. The second-order valence-electron chi connectivity index (χ2n) is 7.84. The Bertz CT molecular complexity index is 1110. The maximum Gasteiger partial charge on any atom is 0.338 e. The third kappa shape index (κ3) is 6.06. The number of benzene rings is 2. The van der Waals surface area contributed by atoms with Gasteiger partial charge in [-0.15, -0.1) is 0 Å². The summed E-state index contributed by atoms with van der Waals surface area (Å²) in [5.41, 5.74) is 2.27. The fourth-order valence-electron chi connectivity index (χ4n) is 3.31. The van der Waals surface area contributed by atoms with Crippen LogP contribution in [0.15, 0.2) is 42.5 Å². The van der Waals surface area contributed by atoms with Gasteiger partial charge in [-0.05, 0) is 49.7 Å². The first kappa shape index (κ1) is 24.6. The largest absolute Gasteiger partial charge is 0.462 e. The van der Waals surface area contributed by atoms with Crippen molar-refractivity contribution in [3.05, 3.63) is 64.7 Å². The average Bonchev–Trinajstić information content (AvgIpc) is 3.05. The number of carbonyl (C=O) groups excluding carboxylic acids is 5. The lowest BCUT2D eigenvalue weighted by atomic mass is 10.1. The molecule has 34 heavy (non-hydrogen) atoms. The van der Waals surface area contributed by atoms with E-state index in [1.807, 2.05) is 13.8 Å². The van der Waals surface area contributed by atoms with Gasteiger partial charge in [0.05, 0.1) is 29.7 Å². The molecule has 3 rings (SSSR count). The quantitative estimate of drug-likeness (QED) is 0.325. The number of esters is 2. The van der Waals surface area contributed by atoms with Gasteiger partial charge in [-0.25, -0.2) is 4.79 Å². The van der Waals surface area contributed by atoms with Crippen molar-refractivity contribution >= 4 is 35.3 Å². The summed E-state index contributed by atoms with van der Waals surface area (Å²) in [6.07, 6.45) is 1.48. The lowest BCUT2D eigenvalue weighted by Crippen LogP contribution is -2.32. The number of hydrogen-bond acceptors (Lipinski definition) is 7. The SMILES string of the molecule is CCCCOC(=O)c1ccc(NC(=O)COC(=O)CCN2C(=O)c3ccc(C)cc3C2=O)cc1. The Hall–Kier alpha value is -4.01. The first-order valence-electron chi connectivity index (χ1n) is 11.0. The van der Waals surface area contributed by atoms with Crippen LogP contribution in [0.4, 0.5) is 5.69 Å². The zero-order chi connectivity index (χ0) is 24.7. The van der Waals surface area contributed by atoms with Gasteiger partial charge in [0.1, 0.15) is 0 Å². The van der Waals surface area contributed by atoms with Crippen LogP contribution < -0.4 is 5.32 Å². The van der Waals surface area contributed by atoms with Crippen LogP contribution >= 0.6 is 0 Å². The molecular weight excluding hydrogens is 440 g/mol. The Morgan fingerprint density at radius 2 is 1.65 bits per heavy atom. The standard InChI is InChI=1S/C25H26N2O7/c1-3-4-13-33-25(32)17-6-8-18(9-7-17)26-21(28)15-34-22(29)11-12-27-23(30)19-10-5-16(2)14-20(19)24(27)31/h5-10,14H,3-4,11-13,15H2,1-2H3,(H,26,28). The minimum absolute atomic E-state index is 0.137. The minimum Gasteiger partial charge on any atom is -0.462 e. The van der Waals surface area contributed by atoms with Crippen LogP contribution in [0.25, 0.3) is 0 Å². The molecule has 0 spiro atoms. The first-order chi connectivity index (χ1) is 16.3. The lowest BCUT2D eigenvalue weighted by molar-refractivity contribution is -0.147. The van der Waals surface area contributed by atoms with Gasteiger partial charge < -0.3 is 14.8 Å². The molecule has 1 aliphatic heterocycles. The van der Waals surface area contributed by atoms with Crippen LogP contribution in [0.3, 0.4) is 0 Å². The van der Waals surface area contributed by atoms with E-state index in [1.54, 1.807) is 30.3 Å². The fraction of sp³-hybridized carbons (Fsp3) is 0.320. The van der Waals surface area contributed by atoms with Gasteiger partial charge in [0, 0.05) is 12.2 Å². The number of unbranched alkanes of at least 4 members (excludes halogenated alkanes) is 1. The molecule has 0 unspecified atom stereocenters. The first-order valence-corrected chi connectivity index (χ1v) is 11.0. The number of amides is 3. The summed E-state index contributed by atoms with van der Waals surface area (Å²) in [5, 5.41) is 2.56. The maximum absolute atomic E-state index is 12.4. The lowest BCUT2D eigenvalue weighted by Gasteiger charge is -2.13. The maximum atomic E-state index is 12.4. The van der Waals surface area contributed by atoms with E-state index in [4.69, 9.17) is 9.47 Å². The summed E-state index contributed by atoms with van der Waals surface area (Å²) in [5.74, 6) is -2.63. The van der Waals surface area contributed by atoms with Crippen LogP contribution in [0.1, 0.15) is 62.8 Å². The van der Waals surface area contributed by atoms with E-state index in [2.05, 4.69) is 5.32 Å². The molecule has 0 atom stereocenters. The van der Waals surface area contributed by atoms with Crippen LogP contribution in [0.5, 0.6) is 0 Å². The third-order valence-electron chi connectivity index (χ3n) is 5.17. The van der Waals surface area contributed by atoms with E-state index in [-0.39, 0.29) is 13.0 Å². The molecule has 2 aromatic rings. The molecule has 2 aromatic carbocycles. The Labute approximate surface area is 197 Å². The van der Waals surface area contributed by atoms with Crippen molar-refractivity contribution in [2.75, 3.05) is 25.1 Å². The highest BCUT2D eigenvalue weighted by atomic mass is 16.5. The van der Waals surface area contributed by atoms with E-state index in [0.29, 0.717) is 29.0 Å². The highest BCUT2D eigenvalue weighted by Crippen LogP contribution is 2.24. The monoisotopic (exact) mass is 466 g/mol. The van der Waals surface area contributed by atoms with Gasteiger partial charge in [-0.2, -0.15) is 0 Å². The van der Waals surface area contributed by atoms with Crippen LogP contribution in [0.2, 0.25) is 0 Å². The molecule has 0 bridgehead atoms. The van der Waals surface area contributed by atoms with Crippen molar-refractivity contribution in [2.45, 2.75) is 33.1 Å². The molecule has 0 saturated carbocycles. The van der Waals surface area contributed by atoms with E-state index in [9.17, 15) is 24.0 Å². The van der Waals surface area contributed by atoms with Crippen LogP contribution in [-0.2, 0) is 19.1 Å². The Morgan fingerprint density at radius 3 is 2.35 bits per heavy atom. The van der Waals surface area contributed by atoms with E-state index < -0.39 is 36.3 Å². The minimum atomic E-state index is -0.715. The normalized spacial score (nSPS) is 12.4. The van der Waals surface area contributed by atoms with Crippen molar-refractivity contribution in [1.29, 1.82) is 0 Å². The summed E-state index contributed by atoms with van der Waals surface area (Å²) in [6, 6.07) is 11.1. The van der Waals surface area contributed by atoms with E-state index in [1.165, 1.54) is 12.1 Å². The van der Waals surface area contributed by atoms with Crippen LogP contribution in [0, 0.1) is 6.92 Å². The van der Waals surface area contributed by atoms with Gasteiger partial charge in [0.25, 0.3) is 17.7 Å². The zero-order valence-corrected chi connectivity index (χ0v) is 19.1. The molecule has 0 fully saturated rings. The van der Waals surface area contributed by atoms with Crippen molar-refractivity contribution < 1.29 is 33.4 Å². The van der Waals surface area contributed by atoms with Gasteiger partial charge in [0.15, 0.2) is 6.61 Å². The molecular formula is C25H26N2O7. The molecule has 0 saturated heterocycles. The molecule has 9 heteroatoms. The van der Waals surface area contributed by atoms with Gasteiger partial charge >= 0.3 is 11.9 Å². The van der Waals surface area contributed by atoms with Crippen molar-refractivity contribution in [3.63, 3.8) is 0 Å². The Kier molecular flexibility index (Phi) is 8.13. The summed E-state index contributed by atoms with van der Waals surface area (Å²) in [4.78, 5) is 61.8. The van der Waals surface area contributed by atoms with Crippen molar-refractivity contribution in [3.8, 4) is 0 Å². The Morgan fingerprint density at radius 1 is 0.941 bits per heavy atom. The van der Waals surface area contributed by atoms with Crippen molar-refractivity contribution in [1.82, 2.24) is 4.90 Å². The molecule has 0 aromatic heterocycles. The summed E-state index contributed by atoms with van der Waals surface area (Å²) < 4.78 is 10.1. The second-order valence-corrected chi connectivity index (χ2v) is 7.84. The number of fused-ring (bicyclic) bond motifs is 1. The number of hydrogen-bond donors (Lipinski definition) is 1. The molecule has 1 heterocycles. The topological polar surface area (TPSA) is 119 Å². The fourth-order valence-corrected chi connectivity index (χ4v) is 3.31. The average molecular weight is 466 g/mol. The second kappa shape index (κ2) is 11.2. The highest BCUT2D eigenvalue weighted by molar-refractivity contribution is 6.21. The number of aryl methyl sites for hydroxylation is 1. The molecule has 3 amide bonds. The summed E-state index contributed by atoms with van der Waals surface area (Å²) in [6.45, 7) is 3.51. The molecule has 0 aliphatic carbocycles. The van der Waals surface area contributed by atoms with Gasteiger partial charge in [0.2, 0.25) is 0 Å². The van der Waals surface area contributed by atoms with Crippen LogP contribution in [-0.4, -0.2) is 54.3 Å². The number of carbonyl (C=O) groups is 5. The molecule has 9 nitrogen and oxygen atoms in total.